The molecule has 1 aromatic heterocycles. The lowest BCUT2D eigenvalue weighted by Crippen LogP contribution is -2.48. The van der Waals surface area contributed by atoms with Gasteiger partial charge in [0.2, 0.25) is 0 Å². The van der Waals surface area contributed by atoms with E-state index in [0.717, 1.165) is 5.56 Å². The third-order valence-corrected chi connectivity index (χ3v) is 3.67. The molecule has 21 heavy (non-hydrogen) atoms. The Kier molecular flexibility index (Phi) is 5.10. The summed E-state index contributed by atoms with van der Waals surface area (Å²) in [6.45, 7) is 1.27. The maximum atomic E-state index is 11.8. The summed E-state index contributed by atoms with van der Waals surface area (Å²) in [5, 5.41) is 14.7. The van der Waals surface area contributed by atoms with E-state index in [1.54, 1.807) is 18.5 Å². The number of nitrogens with zero attached hydrogens (tertiary/aromatic N) is 1. The van der Waals surface area contributed by atoms with Gasteiger partial charge in [-0.3, -0.25) is 9.78 Å². The van der Waals surface area contributed by atoms with Crippen molar-refractivity contribution in [1.82, 2.24) is 15.6 Å². The van der Waals surface area contributed by atoms with E-state index < -0.39 is 11.4 Å². The fourth-order valence-electron chi connectivity index (χ4n) is 2.23. The van der Waals surface area contributed by atoms with E-state index in [1.165, 1.54) is 0 Å². The molecule has 7 heteroatoms. The molecule has 0 spiro atoms. The minimum Gasteiger partial charge on any atom is -0.481 e. The number of urea groups is 1. The van der Waals surface area contributed by atoms with E-state index >= 15 is 0 Å². The molecule has 2 heterocycles. The average molecular weight is 293 g/mol. The van der Waals surface area contributed by atoms with Gasteiger partial charge in [0.1, 0.15) is 0 Å². The Morgan fingerprint density at radius 3 is 2.71 bits per heavy atom. The lowest BCUT2D eigenvalue weighted by Gasteiger charge is -2.33. The zero-order valence-electron chi connectivity index (χ0n) is 11.7. The quantitative estimate of drug-likeness (QED) is 0.744. The number of ether oxygens (including phenoxy) is 1. The van der Waals surface area contributed by atoms with Crippen molar-refractivity contribution in [1.29, 1.82) is 0 Å². The van der Waals surface area contributed by atoms with Crippen molar-refractivity contribution >= 4 is 12.0 Å². The van der Waals surface area contributed by atoms with Crippen LogP contribution in [0.15, 0.2) is 24.5 Å². The molecule has 0 unspecified atom stereocenters. The maximum Gasteiger partial charge on any atom is 0.315 e. The first-order valence-corrected chi connectivity index (χ1v) is 6.84. The van der Waals surface area contributed by atoms with Crippen molar-refractivity contribution in [2.24, 2.45) is 5.41 Å². The molecule has 0 atom stereocenters. The molecule has 1 aliphatic rings. The Hall–Kier alpha value is -2.15. The van der Waals surface area contributed by atoms with Gasteiger partial charge in [0.25, 0.3) is 0 Å². The Bertz CT molecular complexity index is 486. The molecule has 0 aromatic carbocycles. The van der Waals surface area contributed by atoms with E-state index in [2.05, 4.69) is 15.6 Å². The second-order valence-electron chi connectivity index (χ2n) is 5.10. The zero-order chi connectivity index (χ0) is 15.1. The van der Waals surface area contributed by atoms with Crippen LogP contribution in [-0.4, -0.2) is 41.8 Å². The number of pyridine rings is 1. The van der Waals surface area contributed by atoms with Gasteiger partial charge in [-0.1, -0.05) is 6.07 Å². The maximum absolute atomic E-state index is 11.8. The molecule has 7 nitrogen and oxygen atoms in total. The van der Waals surface area contributed by atoms with Crippen LogP contribution < -0.4 is 10.6 Å². The first-order valence-electron chi connectivity index (χ1n) is 6.84. The van der Waals surface area contributed by atoms with Crippen molar-refractivity contribution in [2.45, 2.75) is 19.4 Å². The lowest BCUT2D eigenvalue weighted by atomic mass is 9.80. The third-order valence-electron chi connectivity index (χ3n) is 3.67. The summed E-state index contributed by atoms with van der Waals surface area (Å²) in [6, 6.07) is 3.26. The topological polar surface area (TPSA) is 101 Å². The first kappa shape index (κ1) is 15.2. The number of amides is 2. The van der Waals surface area contributed by atoms with Gasteiger partial charge in [-0.15, -0.1) is 0 Å². The van der Waals surface area contributed by atoms with Gasteiger partial charge in [-0.25, -0.2) is 4.79 Å². The van der Waals surface area contributed by atoms with Crippen molar-refractivity contribution in [2.75, 3.05) is 19.8 Å². The van der Waals surface area contributed by atoms with Gasteiger partial charge in [0, 0.05) is 38.7 Å². The summed E-state index contributed by atoms with van der Waals surface area (Å²) in [5.74, 6) is -0.890. The third kappa shape index (κ3) is 4.16. The van der Waals surface area contributed by atoms with Crippen molar-refractivity contribution < 1.29 is 19.4 Å². The van der Waals surface area contributed by atoms with E-state index in [-0.39, 0.29) is 12.6 Å². The van der Waals surface area contributed by atoms with Gasteiger partial charge in [-0.05, 0) is 24.5 Å². The SMILES string of the molecule is O=C(NCc1cccnc1)NCC1(C(=O)O)CCOCC1. The molecule has 1 aromatic rings. The first-order chi connectivity index (χ1) is 10.1. The number of carbonyl (C=O) groups is 2. The van der Waals surface area contributed by atoms with Crippen LogP contribution in [0.1, 0.15) is 18.4 Å². The molecule has 1 aliphatic heterocycles. The van der Waals surface area contributed by atoms with E-state index in [9.17, 15) is 14.7 Å². The standard InChI is InChI=1S/C14H19N3O4/c18-12(19)14(3-6-21-7-4-14)10-17-13(20)16-9-11-2-1-5-15-8-11/h1-2,5,8H,3-4,6-7,9-10H2,(H,18,19)(H2,16,17,20). The molecule has 114 valence electrons. The Labute approximate surface area is 122 Å². The van der Waals surface area contributed by atoms with Gasteiger partial charge >= 0.3 is 12.0 Å². The summed E-state index contributed by atoms with van der Waals surface area (Å²) < 4.78 is 5.19. The molecular weight excluding hydrogens is 274 g/mol. The van der Waals surface area contributed by atoms with Crippen LogP contribution in [0.3, 0.4) is 0 Å². The fraction of sp³-hybridized carbons (Fsp3) is 0.500. The molecule has 2 amide bonds. The molecule has 1 saturated heterocycles. The molecule has 1 fully saturated rings. The summed E-state index contributed by atoms with van der Waals surface area (Å²) in [6.07, 6.45) is 4.14. The normalized spacial score (nSPS) is 17.0. The predicted octanol–water partition coefficient (Wildman–Crippen LogP) is 0.762. The summed E-state index contributed by atoms with van der Waals surface area (Å²) in [5.41, 5.74) is -0.0455. The predicted molar refractivity (Wildman–Crippen MR) is 74.6 cm³/mol. The number of nitrogens with one attached hydrogen (secondary N) is 2. The van der Waals surface area contributed by atoms with Gasteiger partial charge in [0.15, 0.2) is 0 Å². The van der Waals surface area contributed by atoms with Crippen LogP contribution in [0.5, 0.6) is 0 Å². The highest BCUT2D eigenvalue weighted by atomic mass is 16.5. The smallest absolute Gasteiger partial charge is 0.315 e. The van der Waals surface area contributed by atoms with E-state index in [4.69, 9.17) is 4.74 Å². The van der Waals surface area contributed by atoms with E-state index in [1.807, 2.05) is 6.07 Å². The minimum absolute atomic E-state index is 0.102. The Balaban J connectivity index is 1.80. The lowest BCUT2D eigenvalue weighted by molar-refractivity contribution is -0.154. The number of carboxylic acids is 1. The number of hydrogen-bond donors (Lipinski definition) is 3. The summed E-state index contributed by atoms with van der Waals surface area (Å²) >= 11 is 0. The number of rotatable bonds is 5. The van der Waals surface area contributed by atoms with Gasteiger partial charge in [0.05, 0.1) is 5.41 Å². The highest BCUT2D eigenvalue weighted by molar-refractivity contribution is 5.78. The molecule has 0 saturated carbocycles. The number of carboxylic acid groups (broad SMARTS) is 1. The summed E-state index contributed by atoms with van der Waals surface area (Å²) in [4.78, 5) is 27.1. The minimum atomic E-state index is -0.927. The number of aliphatic carboxylic acids is 1. The monoisotopic (exact) mass is 293 g/mol. The van der Waals surface area contributed by atoms with Crippen LogP contribution in [0.4, 0.5) is 4.79 Å². The fourth-order valence-corrected chi connectivity index (χ4v) is 2.23. The van der Waals surface area contributed by atoms with Crippen molar-refractivity contribution in [3.05, 3.63) is 30.1 Å². The second kappa shape index (κ2) is 7.03. The van der Waals surface area contributed by atoms with Crippen LogP contribution in [0.2, 0.25) is 0 Å². The number of hydrogen-bond acceptors (Lipinski definition) is 4. The highest BCUT2D eigenvalue weighted by Crippen LogP contribution is 2.29. The van der Waals surface area contributed by atoms with Crippen molar-refractivity contribution in [3.8, 4) is 0 Å². The molecule has 3 N–H and O–H groups in total. The molecule has 0 aliphatic carbocycles. The highest BCUT2D eigenvalue weighted by Gasteiger charge is 2.40. The molecule has 0 bridgehead atoms. The number of carbonyl (C=O) groups excluding carboxylic acids is 1. The largest absolute Gasteiger partial charge is 0.481 e. The van der Waals surface area contributed by atoms with Gasteiger partial charge in [-0.2, -0.15) is 0 Å². The molecule has 2 rings (SSSR count). The Morgan fingerprint density at radius 2 is 2.10 bits per heavy atom. The van der Waals surface area contributed by atoms with Crippen molar-refractivity contribution in [3.63, 3.8) is 0 Å². The summed E-state index contributed by atoms with van der Waals surface area (Å²) in [7, 11) is 0. The second-order valence-corrected chi connectivity index (χ2v) is 5.10. The van der Waals surface area contributed by atoms with Crippen LogP contribution in [0, 0.1) is 5.41 Å². The van der Waals surface area contributed by atoms with Crippen LogP contribution in [0.25, 0.3) is 0 Å². The van der Waals surface area contributed by atoms with Crippen LogP contribution in [-0.2, 0) is 16.1 Å². The Morgan fingerprint density at radius 1 is 1.33 bits per heavy atom. The molecule has 0 radical (unpaired) electrons. The molecular formula is C14H19N3O4. The van der Waals surface area contributed by atoms with Gasteiger partial charge < -0.3 is 20.5 Å². The number of aromatic nitrogens is 1. The van der Waals surface area contributed by atoms with E-state index in [0.29, 0.717) is 32.6 Å². The average Bonchev–Trinajstić information content (AvgIpc) is 2.52. The van der Waals surface area contributed by atoms with Crippen LogP contribution >= 0.6 is 0 Å². The zero-order valence-corrected chi connectivity index (χ0v) is 11.7.